The number of carbonyl (C=O) groups is 1. The first-order valence-electron chi connectivity index (χ1n) is 6.41. The third kappa shape index (κ3) is 2.74. The van der Waals surface area contributed by atoms with Gasteiger partial charge in [-0.25, -0.2) is 4.79 Å². The first kappa shape index (κ1) is 13.9. The summed E-state index contributed by atoms with van der Waals surface area (Å²) in [6.45, 7) is 2.08. The van der Waals surface area contributed by atoms with Crippen molar-refractivity contribution in [3.63, 3.8) is 0 Å². The highest BCUT2D eigenvalue weighted by Gasteiger charge is 2.15. The van der Waals surface area contributed by atoms with Crippen LogP contribution >= 0.6 is 0 Å². The summed E-state index contributed by atoms with van der Waals surface area (Å²) in [4.78, 5) is 13.0. The molecule has 4 heteroatoms. The molecule has 0 saturated carbocycles. The van der Waals surface area contributed by atoms with E-state index < -0.39 is 5.97 Å². The van der Waals surface area contributed by atoms with Gasteiger partial charge in [-0.15, -0.1) is 0 Å². The van der Waals surface area contributed by atoms with E-state index in [4.69, 9.17) is 10.8 Å². The Balaban J connectivity index is 2.29. The van der Waals surface area contributed by atoms with Gasteiger partial charge in [-0.05, 0) is 30.7 Å². The number of nitrogens with two attached hydrogens (primary N) is 1. The SMILES string of the molecule is CC(c1ccccc1)N(C)c1ccc(C(=O)O)cc1N. The number of hydrogen-bond donors (Lipinski definition) is 2. The molecule has 1 unspecified atom stereocenters. The molecule has 104 valence electrons. The Morgan fingerprint density at radius 2 is 1.85 bits per heavy atom. The van der Waals surface area contributed by atoms with E-state index >= 15 is 0 Å². The van der Waals surface area contributed by atoms with Crippen molar-refractivity contribution in [3.8, 4) is 0 Å². The minimum atomic E-state index is -0.970. The summed E-state index contributed by atoms with van der Waals surface area (Å²) < 4.78 is 0. The van der Waals surface area contributed by atoms with Crippen molar-refractivity contribution in [1.82, 2.24) is 0 Å². The van der Waals surface area contributed by atoms with Crippen LogP contribution in [0.3, 0.4) is 0 Å². The second kappa shape index (κ2) is 5.65. The molecule has 0 heterocycles. The second-order valence-corrected chi connectivity index (χ2v) is 4.78. The highest BCUT2D eigenvalue weighted by molar-refractivity contribution is 5.90. The van der Waals surface area contributed by atoms with Crippen molar-refractivity contribution in [2.45, 2.75) is 13.0 Å². The predicted molar refractivity (Wildman–Crippen MR) is 81.1 cm³/mol. The smallest absolute Gasteiger partial charge is 0.335 e. The maximum absolute atomic E-state index is 10.9. The topological polar surface area (TPSA) is 66.6 Å². The zero-order valence-corrected chi connectivity index (χ0v) is 11.6. The third-order valence-corrected chi connectivity index (χ3v) is 3.52. The van der Waals surface area contributed by atoms with Crippen LogP contribution in [0, 0.1) is 0 Å². The molecule has 20 heavy (non-hydrogen) atoms. The summed E-state index contributed by atoms with van der Waals surface area (Å²) in [5, 5.41) is 8.96. The molecule has 0 saturated heterocycles. The molecule has 0 radical (unpaired) electrons. The van der Waals surface area contributed by atoms with Crippen molar-refractivity contribution in [1.29, 1.82) is 0 Å². The minimum absolute atomic E-state index is 0.147. The van der Waals surface area contributed by atoms with Gasteiger partial charge in [0.05, 0.1) is 23.0 Å². The monoisotopic (exact) mass is 270 g/mol. The van der Waals surface area contributed by atoms with Gasteiger partial charge in [-0.3, -0.25) is 0 Å². The molecule has 2 rings (SSSR count). The number of carboxylic acids is 1. The van der Waals surface area contributed by atoms with Gasteiger partial charge in [-0.2, -0.15) is 0 Å². The number of hydrogen-bond acceptors (Lipinski definition) is 3. The fourth-order valence-electron chi connectivity index (χ4n) is 2.17. The summed E-state index contributed by atoms with van der Waals surface area (Å²) in [5.41, 5.74) is 8.64. The molecular weight excluding hydrogens is 252 g/mol. The van der Waals surface area contributed by atoms with E-state index in [1.165, 1.54) is 11.6 Å². The van der Waals surface area contributed by atoms with E-state index in [9.17, 15) is 4.79 Å². The van der Waals surface area contributed by atoms with Gasteiger partial charge in [0.1, 0.15) is 0 Å². The van der Waals surface area contributed by atoms with Crippen molar-refractivity contribution >= 4 is 17.3 Å². The lowest BCUT2D eigenvalue weighted by atomic mass is 10.1. The standard InChI is InChI=1S/C16H18N2O2/c1-11(12-6-4-3-5-7-12)18(2)15-9-8-13(16(19)20)10-14(15)17/h3-11H,17H2,1-2H3,(H,19,20). The Bertz CT molecular complexity index is 611. The van der Waals surface area contributed by atoms with Crippen LogP contribution in [-0.2, 0) is 0 Å². The molecule has 0 spiro atoms. The summed E-state index contributed by atoms with van der Waals surface area (Å²) in [7, 11) is 1.95. The lowest BCUT2D eigenvalue weighted by Gasteiger charge is -2.28. The first-order valence-corrected chi connectivity index (χ1v) is 6.41. The van der Waals surface area contributed by atoms with Crippen LogP contribution in [0.1, 0.15) is 28.9 Å². The molecule has 1 atom stereocenters. The Kier molecular flexibility index (Phi) is 3.94. The van der Waals surface area contributed by atoms with E-state index in [0.717, 1.165) is 5.69 Å². The van der Waals surface area contributed by atoms with E-state index in [1.807, 2.05) is 30.1 Å². The van der Waals surface area contributed by atoms with Gasteiger partial charge in [-0.1, -0.05) is 30.3 Å². The number of benzene rings is 2. The first-order chi connectivity index (χ1) is 9.50. The molecule has 4 nitrogen and oxygen atoms in total. The van der Waals surface area contributed by atoms with Gasteiger partial charge in [0.15, 0.2) is 0 Å². The Morgan fingerprint density at radius 1 is 1.20 bits per heavy atom. The van der Waals surface area contributed by atoms with Crippen LogP contribution in [0.4, 0.5) is 11.4 Å². The number of carboxylic acid groups (broad SMARTS) is 1. The number of rotatable bonds is 4. The number of aromatic carboxylic acids is 1. The fourth-order valence-corrected chi connectivity index (χ4v) is 2.17. The molecule has 0 aromatic heterocycles. The lowest BCUT2D eigenvalue weighted by Crippen LogP contribution is -2.22. The molecule has 0 aliphatic rings. The average molecular weight is 270 g/mol. The quantitative estimate of drug-likeness (QED) is 0.837. The Morgan fingerprint density at radius 3 is 2.40 bits per heavy atom. The fraction of sp³-hybridized carbons (Fsp3) is 0.188. The van der Waals surface area contributed by atoms with E-state index in [-0.39, 0.29) is 11.6 Å². The van der Waals surface area contributed by atoms with Crippen LogP contribution in [0.25, 0.3) is 0 Å². The van der Waals surface area contributed by atoms with Gasteiger partial charge in [0.25, 0.3) is 0 Å². The number of anilines is 2. The van der Waals surface area contributed by atoms with Crippen LogP contribution in [0.2, 0.25) is 0 Å². The minimum Gasteiger partial charge on any atom is -0.478 e. The van der Waals surface area contributed by atoms with Crippen molar-refractivity contribution in [2.75, 3.05) is 17.7 Å². The molecule has 0 fully saturated rings. The van der Waals surface area contributed by atoms with E-state index in [0.29, 0.717) is 5.69 Å². The molecule has 2 aromatic carbocycles. The van der Waals surface area contributed by atoms with Gasteiger partial charge < -0.3 is 15.7 Å². The molecule has 0 amide bonds. The summed E-state index contributed by atoms with van der Waals surface area (Å²) in [6, 6.07) is 15.0. The highest BCUT2D eigenvalue weighted by Crippen LogP contribution is 2.30. The van der Waals surface area contributed by atoms with Crippen LogP contribution in [-0.4, -0.2) is 18.1 Å². The average Bonchev–Trinajstić information content (AvgIpc) is 2.46. The van der Waals surface area contributed by atoms with Crippen LogP contribution < -0.4 is 10.6 Å². The largest absolute Gasteiger partial charge is 0.478 e. The van der Waals surface area contributed by atoms with Crippen molar-refractivity contribution < 1.29 is 9.90 Å². The molecule has 0 aliphatic heterocycles. The third-order valence-electron chi connectivity index (χ3n) is 3.52. The summed E-state index contributed by atoms with van der Waals surface area (Å²) in [6.07, 6.45) is 0. The van der Waals surface area contributed by atoms with Crippen LogP contribution in [0.15, 0.2) is 48.5 Å². The number of nitrogens with zero attached hydrogens (tertiary/aromatic N) is 1. The molecule has 0 aliphatic carbocycles. The highest BCUT2D eigenvalue weighted by atomic mass is 16.4. The lowest BCUT2D eigenvalue weighted by molar-refractivity contribution is 0.0697. The van der Waals surface area contributed by atoms with E-state index in [2.05, 4.69) is 19.1 Å². The molecule has 0 bridgehead atoms. The molecule has 3 N–H and O–H groups in total. The zero-order chi connectivity index (χ0) is 14.7. The van der Waals surface area contributed by atoms with Gasteiger partial charge >= 0.3 is 5.97 Å². The summed E-state index contributed by atoms with van der Waals surface area (Å²) >= 11 is 0. The molecular formula is C16H18N2O2. The van der Waals surface area contributed by atoms with Crippen molar-refractivity contribution in [3.05, 3.63) is 59.7 Å². The maximum atomic E-state index is 10.9. The van der Waals surface area contributed by atoms with Crippen molar-refractivity contribution in [2.24, 2.45) is 0 Å². The second-order valence-electron chi connectivity index (χ2n) is 4.78. The Hall–Kier alpha value is -2.49. The zero-order valence-electron chi connectivity index (χ0n) is 11.6. The van der Waals surface area contributed by atoms with Gasteiger partial charge in [0, 0.05) is 7.05 Å². The predicted octanol–water partition coefficient (Wildman–Crippen LogP) is 3.16. The summed E-state index contributed by atoms with van der Waals surface area (Å²) in [5.74, 6) is -0.970. The van der Waals surface area contributed by atoms with E-state index in [1.54, 1.807) is 12.1 Å². The van der Waals surface area contributed by atoms with Crippen LogP contribution in [0.5, 0.6) is 0 Å². The molecule has 2 aromatic rings. The number of nitrogen functional groups attached to an aromatic ring is 1. The normalized spacial score (nSPS) is 11.9. The van der Waals surface area contributed by atoms with Gasteiger partial charge in [0.2, 0.25) is 0 Å². The Labute approximate surface area is 118 Å². The maximum Gasteiger partial charge on any atom is 0.335 e.